The van der Waals surface area contributed by atoms with Crippen LogP contribution in [0.3, 0.4) is 0 Å². The number of fused-ring (bicyclic) bond motifs is 1. The molecule has 1 aromatic carbocycles. The zero-order valence-electron chi connectivity index (χ0n) is 10.9. The molecular formula is C15H19NO2. The van der Waals surface area contributed by atoms with Crippen LogP contribution in [0.15, 0.2) is 30.9 Å². The number of hydrogen-bond donors (Lipinski definition) is 1. The van der Waals surface area contributed by atoms with Crippen LogP contribution in [0.2, 0.25) is 0 Å². The van der Waals surface area contributed by atoms with Crippen LogP contribution in [0.1, 0.15) is 43.4 Å². The van der Waals surface area contributed by atoms with Crippen LogP contribution in [0, 0.1) is 0 Å². The Hall–Kier alpha value is -1.77. The summed E-state index contributed by atoms with van der Waals surface area (Å²) < 4.78 is 5.63. The number of carbonyl (C=O) groups excluding carboxylic acids is 1. The van der Waals surface area contributed by atoms with Crippen LogP contribution in [-0.4, -0.2) is 12.5 Å². The minimum absolute atomic E-state index is 0.0259. The molecule has 1 atom stereocenters. The maximum absolute atomic E-state index is 11.4. The molecule has 18 heavy (non-hydrogen) atoms. The first-order valence-electron chi connectivity index (χ1n) is 6.31. The van der Waals surface area contributed by atoms with Gasteiger partial charge in [-0.3, -0.25) is 4.79 Å². The van der Waals surface area contributed by atoms with Crippen molar-refractivity contribution < 1.29 is 9.53 Å². The van der Waals surface area contributed by atoms with Crippen LogP contribution in [0.25, 0.3) is 0 Å². The Morgan fingerprint density at radius 1 is 1.56 bits per heavy atom. The molecule has 0 radical (unpaired) electrons. The third-order valence-electron chi connectivity index (χ3n) is 3.24. The van der Waals surface area contributed by atoms with Crippen LogP contribution >= 0.6 is 0 Å². The fourth-order valence-electron chi connectivity index (χ4n) is 2.15. The fraction of sp³-hybridized carbons (Fsp3) is 0.400. The maximum Gasteiger partial charge on any atom is 0.243 e. The number of carbonyl (C=O) groups is 1. The number of amides is 1. The van der Waals surface area contributed by atoms with E-state index in [-0.39, 0.29) is 11.9 Å². The smallest absolute Gasteiger partial charge is 0.243 e. The lowest BCUT2D eigenvalue weighted by atomic mass is 9.94. The number of rotatable bonds is 3. The van der Waals surface area contributed by atoms with E-state index in [2.05, 4.69) is 37.9 Å². The zero-order chi connectivity index (χ0) is 13.1. The second-order valence-corrected chi connectivity index (χ2v) is 4.85. The largest absolute Gasteiger partial charge is 0.493 e. The van der Waals surface area contributed by atoms with E-state index in [1.165, 1.54) is 11.6 Å². The van der Waals surface area contributed by atoms with Gasteiger partial charge in [-0.15, -0.1) is 0 Å². The molecule has 0 spiro atoms. The summed E-state index contributed by atoms with van der Waals surface area (Å²) in [5.41, 5.74) is 2.33. The molecule has 3 heteroatoms. The van der Waals surface area contributed by atoms with Gasteiger partial charge in [0.15, 0.2) is 0 Å². The predicted octanol–water partition coefficient (Wildman–Crippen LogP) is 2.94. The quantitative estimate of drug-likeness (QED) is 0.831. The molecule has 1 aromatic rings. The molecule has 1 N–H and O–H groups in total. The summed E-state index contributed by atoms with van der Waals surface area (Å²) in [6.07, 6.45) is 2.11. The highest BCUT2D eigenvalue weighted by atomic mass is 16.5. The molecule has 0 fully saturated rings. The molecule has 0 unspecified atom stereocenters. The van der Waals surface area contributed by atoms with Crippen LogP contribution < -0.4 is 10.1 Å². The van der Waals surface area contributed by atoms with Gasteiger partial charge in [-0.1, -0.05) is 26.5 Å². The highest BCUT2D eigenvalue weighted by molar-refractivity contribution is 5.87. The number of benzene rings is 1. The van der Waals surface area contributed by atoms with Gasteiger partial charge < -0.3 is 10.1 Å². The Morgan fingerprint density at radius 3 is 3.00 bits per heavy atom. The van der Waals surface area contributed by atoms with E-state index in [1.807, 2.05) is 6.07 Å². The van der Waals surface area contributed by atoms with Gasteiger partial charge in [0.05, 0.1) is 12.6 Å². The van der Waals surface area contributed by atoms with E-state index in [9.17, 15) is 4.79 Å². The van der Waals surface area contributed by atoms with Gasteiger partial charge in [-0.05, 0) is 29.7 Å². The van der Waals surface area contributed by atoms with Crippen molar-refractivity contribution in [2.24, 2.45) is 0 Å². The molecule has 1 aliphatic heterocycles. The van der Waals surface area contributed by atoms with Gasteiger partial charge in [0.2, 0.25) is 5.91 Å². The molecule has 0 saturated heterocycles. The monoisotopic (exact) mass is 245 g/mol. The lowest BCUT2D eigenvalue weighted by Crippen LogP contribution is -2.31. The van der Waals surface area contributed by atoms with E-state index >= 15 is 0 Å². The molecule has 96 valence electrons. The molecule has 0 aromatic heterocycles. The second kappa shape index (κ2) is 5.25. The van der Waals surface area contributed by atoms with Gasteiger partial charge in [-0.2, -0.15) is 0 Å². The summed E-state index contributed by atoms with van der Waals surface area (Å²) in [6.45, 7) is 8.43. The van der Waals surface area contributed by atoms with Crippen molar-refractivity contribution in [3.05, 3.63) is 42.0 Å². The minimum Gasteiger partial charge on any atom is -0.493 e. The summed E-state index contributed by atoms with van der Waals surface area (Å²) in [5, 5.41) is 2.95. The standard InChI is InChI=1S/C15H19NO2/c1-4-15(17)16-13-7-8-18-14-6-5-11(10(2)3)9-12(13)14/h4-6,9-10,13H,1,7-8H2,2-3H3,(H,16,17)/t13-/m0/s1. The molecule has 1 amide bonds. The summed E-state index contributed by atoms with van der Waals surface area (Å²) in [5.74, 6) is 1.20. The van der Waals surface area contributed by atoms with E-state index in [4.69, 9.17) is 4.74 Å². The Kier molecular flexibility index (Phi) is 3.70. The van der Waals surface area contributed by atoms with Crippen molar-refractivity contribution in [3.8, 4) is 5.75 Å². The molecular weight excluding hydrogens is 226 g/mol. The van der Waals surface area contributed by atoms with Crippen molar-refractivity contribution in [2.75, 3.05) is 6.61 Å². The Balaban J connectivity index is 2.31. The molecule has 0 saturated carbocycles. The Morgan fingerprint density at radius 2 is 2.33 bits per heavy atom. The van der Waals surface area contributed by atoms with Crippen molar-refractivity contribution >= 4 is 5.91 Å². The van der Waals surface area contributed by atoms with Crippen LogP contribution in [0.4, 0.5) is 0 Å². The fourth-order valence-corrected chi connectivity index (χ4v) is 2.15. The van der Waals surface area contributed by atoms with Gasteiger partial charge in [0.25, 0.3) is 0 Å². The van der Waals surface area contributed by atoms with Crippen LogP contribution in [-0.2, 0) is 4.79 Å². The summed E-state index contributed by atoms with van der Waals surface area (Å²) in [7, 11) is 0. The number of hydrogen-bond acceptors (Lipinski definition) is 2. The SMILES string of the molecule is C=CC(=O)N[C@H]1CCOc2ccc(C(C)C)cc21. The molecule has 0 aliphatic carbocycles. The maximum atomic E-state index is 11.4. The van der Waals surface area contributed by atoms with Gasteiger partial charge in [0, 0.05) is 12.0 Å². The highest BCUT2D eigenvalue weighted by Gasteiger charge is 2.23. The van der Waals surface area contributed by atoms with Crippen molar-refractivity contribution in [2.45, 2.75) is 32.2 Å². The molecule has 2 rings (SSSR count). The topological polar surface area (TPSA) is 38.3 Å². The van der Waals surface area contributed by atoms with Crippen LogP contribution in [0.5, 0.6) is 5.75 Å². The van der Waals surface area contributed by atoms with Crippen molar-refractivity contribution in [1.29, 1.82) is 0 Å². The van der Waals surface area contributed by atoms with E-state index in [0.717, 1.165) is 17.7 Å². The second-order valence-electron chi connectivity index (χ2n) is 4.85. The normalized spacial score (nSPS) is 17.8. The summed E-state index contributed by atoms with van der Waals surface area (Å²) >= 11 is 0. The van der Waals surface area contributed by atoms with Gasteiger partial charge in [-0.25, -0.2) is 0 Å². The Labute approximate surface area is 108 Å². The highest BCUT2D eigenvalue weighted by Crippen LogP contribution is 2.34. The first kappa shape index (κ1) is 12.7. The van der Waals surface area contributed by atoms with E-state index in [1.54, 1.807) is 0 Å². The zero-order valence-corrected chi connectivity index (χ0v) is 10.9. The van der Waals surface area contributed by atoms with E-state index in [0.29, 0.717) is 12.5 Å². The lowest BCUT2D eigenvalue weighted by molar-refractivity contribution is -0.117. The summed E-state index contributed by atoms with van der Waals surface area (Å²) in [4.78, 5) is 11.4. The predicted molar refractivity (Wildman–Crippen MR) is 71.7 cm³/mol. The third-order valence-corrected chi connectivity index (χ3v) is 3.24. The lowest BCUT2D eigenvalue weighted by Gasteiger charge is -2.27. The van der Waals surface area contributed by atoms with Crippen molar-refractivity contribution in [3.63, 3.8) is 0 Å². The third kappa shape index (κ3) is 2.55. The minimum atomic E-state index is -0.136. The molecule has 1 aliphatic rings. The van der Waals surface area contributed by atoms with Crippen molar-refractivity contribution in [1.82, 2.24) is 5.32 Å². The first-order valence-corrected chi connectivity index (χ1v) is 6.31. The molecule has 3 nitrogen and oxygen atoms in total. The number of ether oxygens (including phenoxy) is 1. The average Bonchev–Trinajstić information content (AvgIpc) is 2.38. The molecule has 0 bridgehead atoms. The average molecular weight is 245 g/mol. The summed E-state index contributed by atoms with van der Waals surface area (Å²) in [6, 6.07) is 6.24. The first-order chi connectivity index (χ1) is 8.61. The van der Waals surface area contributed by atoms with E-state index < -0.39 is 0 Å². The Bertz CT molecular complexity index is 466. The van der Waals surface area contributed by atoms with Gasteiger partial charge in [0.1, 0.15) is 5.75 Å². The van der Waals surface area contributed by atoms with Gasteiger partial charge >= 0.3 is 0 Å². The number of nitrogens with one attached hydrogen (secondary N) is 1. The molecule has 1 heterocycles.